The first kappa shape index (κ1) is 16.3. The first-order valence-corrected chi connectivity index (χ1v) is 8.47. The largest absolute Gasteiger partial charge is 0.390 e. The van der Waals surface area contributed by atoms with E-state index in [1.54, 1.807) is 16.4 Å². The average molecular weight is 349 g/mol. The highest BCUT2D eigenvalue weighted by Gasteiger charge is 2.32. The summed E-state index contributed by atoms with van der Waals surface area (Å²) in [5.41, 5.74) is 0.161. The summed E-state index contributed by atoms with van der Waals surface area (Å²) in [5.74, 6) is -0.569. The molecule has 2 aliphatic rings. The number of hydrogen-bond donors (Lipinski definition) is 3. The number of aliphatic hydroxyl groups is 2. The number of hydrogen-bond acceptors (Lipinski definition) is 5. The van der Waals surface area contributed by atoms with Crippen molar-refractivity contribution >= 4 is 16.6 Å². The zero-order chi connectivity index (χ0) is 17.9. The van der Waals surface area contributed by atoms with Crippen LogP contribution in [0.1, 0.15) is 30.9 Å². The number of nitrogens with one attached hydrogen (secondary N) is 1. The molecule has 2 aromatic rings. The highest BCUT2D eigenvalue weighted by Crippen LogP contribution is 2.38. The van der Waals surface area contributed by atoms with E-state index < -0.39 is 29.3 Å². The molecule has 1 aromatic carbocycles. The summed E-state index contributed by atoms with van der Waals surface area (Å²) in [6.45, 7) is 2.18. The van der Waals surface area contributed by atoms with Crippen molar-refractivity contribution in [2.24, 2.45) is 0 Å². The van der Waals surface area contributed by atoms with Gasteiger partial charge in [-0.3, -0.25) is 14.3 Å². The van der Waals surface area contributed by atoms with E-state index >= 15 is 0 Å². The van der Waals surface area contributed by atoms with Gasteiger partial charge >= 0.3 is 5.69 Å². The quantitative estimate of drug-likeness (QED) is 0.729. The van der Waals surface area contributed by atoms with Crippen molar-refractivity contribution in [3.63, 3.8) is 0 Å². The number of aryl methyl sites for hydroxylation is 1. The van der Waals surface area contributed by atoms with Crippen LogP contribution in [0.25, 0.3) is 10.9 Å². The molecule has 8 heteroatoms. The monoisotopic (exact) mass is 349 g/mol. The van der Waals surface area contributed by atoms with Gasteiger partial charge in [-0.2, -0.15) is 0 Å². The molecule has 1 saturated carbocycles. The number of aromatic amines is 1. The minimum atomic E-state index is -0.965. The van der Waals surface area contributed by atoms with Gasteiger partial charge in [-0.05, 0) is 32.3 Å². The van der Waals surface area contributed by atoms with Gasteiger partial charge in [0.25, 0.3) is 5.56 Å². The Morgan fingerprint density at radius 3 is 2.56 bits per heavy atom. The Balaban J connectivity index is 1.96. The molecular formula is C17H20FN3O4. The summed E-state index contributed by atoms with van der Waals surface area (Å²) >= 11 is 0. The van der Waals surface area contributed by atoms with Crippen LogP contribution in [0.4, 0.5) is 10.1 Å². The average Bonchev–Trinajstić information content (AvgIpc) is 3.37. The lowest BCUT2D eigenvalue weighted by molar-refractivity contribution is 0.00787. The summed E-state index contributed by atoms with van der Waals surface area (Å²) in [5, 5.41) is 19.8. The number of aromatic nitrogens is 2. The number of β-amino-alcohol motifs (C(OH)–C–C–N with tert-alkyl or cyclic N) is 1. The molecule has 0 amide bonds. The number of halogens is 1. The lowest BCUT2D eigenvalue weighted by atomic mass is 10.0. The second kappa shape index (κ2) is 5.67. The zero-order valence-corrected chi connectivity index (χ0v) is 13.8. The molecule has 134 valence electrons. The first-order chi connectivity index (χ1) is 11.9. The van der Waals surface area contributed by atoms with Crippen LogP contribution in [0.3, 0.4) is 0 Å². The summed E-state index contributed by atoms with van der Waals surface area (Å²) in [6.07, 6.45) is 0.229. The number of fused-ring (bicyclic) bond motifs is 1. The topological polar surface area (TPSA) is 98.6 Å². The molecule has 25 heavy (non-hydrogen) atoms. The van der Waals surface area contributed by atoms with E-state index in [1.807, 2.05) is 0 Å². The zero-order valence-electron chi connectivity index (χ0n) is 13.8. The SMILES string of the molecule is Cc1c(N2CCC(O)C(O)C2)c(F)cc2c(=O)[nH]c(=O)n(C3CC3)c12. The molecule has 2 fully saturated rings. The highest BCUT2D eigenvalue weighted by molar-refractivity contribution is 5.87. The van der Waals surface area contributed by atoms with E-state index in [1.165, 1.54) is 0 Å². The summed E-state index contributed by atoms with van der Waals surface area (Å²) in [6, 6.07) is 1.18. The van der Waals surface area contributed by atoms with E-state index in [0.717, 1.165) is 18.9 Å². The third-order valence-electron chi connectivity index (χ3n) is 5.16. The molecule has 0 spiro atoms. The Bertz CT molecular complexity index is 963. The van der Waals surface area contributed by atoms with Gasteiger partial charge in [0.2, 0.25) is 0 Å². The highest BCUT2D eigenvalue weighted by atomic mass is 19.1. The van der Waals surface area contributed by atoms with Crippen LogP contribution in [-0.2, 0) is 0 Å². The van der Waals surface area contributed by atoms with Gasteiger partial charge in [-0.25, -0.2) is 9.18 Å². The molecule has 1 saturated heterocycles. The molecular weight excluding hydrogens is 329 g/mol. The van der Waals surface area contributed by atoms with E-state index in [9.17, 15) is 24.2 Å². The fourth-order valence-corrected chi connectivity index (χ4v) is 3.76. The summed E-state index contributed by atoms with van der Waals surface area (Å²) < 4.78 is 16.3. The standard InChI is InChI=1S/C17H20FN3O4/c1-8-14-10(16(24)19-17(25)21(14)9-2-3-9)6-11(18)15(8)20-5-4-12(22)13(23)7-20/h6,9,12-13,22-23H,2-5,7H2,1H3,(H,19,24,25). The fourth-order valence-electron chi connectivity index (χ4n) is 3.76. The molecule has 2 atom stereocenters. The van der Waals surface area contributed by atoms with Crippen molar-refractivity contribution in [2.45, 2.75) is 44.4 Å². The summed E-state index contributed by atoms with van der Waals surface area (Å²) in [4.78, 5) is 28.4. The number of rotatable bonds is 2. The molecule has 2 heterocycles. The predicted molar refractivity (Wildman–Crippen MR) is 90.6 cm³/mol. The van der Waals surface area contributed by atoms with Crippen molar-refractivity contribution in [3.05, 3.63) is 38.3 Å². The van der Waals surface area contributed by atoms with Crippen LogP contribution in [-0.4, -0.2) is 45.1 Å². The first-order valence-electron chi connectivity index (χ1n) is 8.47. The van der Waals surface area contributed by atoms with Crippen molar-refractivity contribution in [3.8, 4) is 0 Å². The Morgan fingerprint density at radius 2 is 1.92 bits per heavy atom. The molecule has 1 aromatic heterocycles. The Kier molecular flexibility index (Phi) is 3.69. The lowest BCUT2D eigenvalue weighted by Gasteiger charge is -2.36. The molecule has 2 unspecified atom stereocenters. The van der Waals surface area contributed by atoms with E-state index in [4.69, 9.17) is 0 Å². The molecule has 3 N–H and O–H groups in total. The molecule has 1 aliphatic heterocycles. The van der Waals surface area contributed by atoms with Crippen molar-refractivity contribution in [1.29, 1.82) is 0 Å². The Morgan fingerprint density at radius 1 is 1.20 bits per heavy atom. The van der Waals surface area contributed by atoms with Crippen LogP contribution in [0.2, 0.25) is 0 Å². The van der Waals surface area contributed by atoms with E-state index in [0.29, 0.717) is 24.0 Å². The number of benzene rings is 1. The Labute approximate surface area is 142 Å². The van der Waals surface area contributed by atoms with E-state index in [-0.39, 0.29) is 23.7 Å². The molecule has 4 rings (SSSR count). The maximum atomic E-state index is 14.8. The van der Waals surface area contributed by atoms with Crippen molar-refractivity contribution in [1.82, 2.24) is 9.55 Å². The van der Waals surface area contributed by atoms with Crippen LogP contribution < -0.4 is 16.1 Å². The minimum absolute atomic E-state index is 0.0256. The number of anilines is 1. The molecule has 0 bridgehead atoms. The van der Waals surface area contributed by atoms with Crippen LogP contribution in [0.5, 0.6) is 0 Å². The smallest absolute Gasteiger partial charge is 0.329 e. The normalized spacial score (nSPS) is 24.1. The van der Waals surface area contributed by atoms with Crippen molar-refractivity contribution in [2.75, 3.05) is 18.0 Å². The van der Waals surface area contributed by atoms with Crippen molar-refractivity contribution < 1.29 is 14.6 Å². The third kappa shape index (κ3) is 2.56. The van der Waals surface area contributed by atoms with Gasteiger partial charge in [-0.15, -0.1) is 0 Å². The molecule has 0 radical (unpaired) electrons. The lowest BCUT2D eigenvalue weighted by Crippen LogP contribution is -2.47. The van der Waals surface area contributed by atoms with Crippen LogP contribution in [0.15, 0.2) is 15.7 Å². The minimum Gasteiger partial charge on any atom is -0.390 e. The maximum Gasteiger partial charge on any atom is 0.329 e. The van der Waals surface area contributed by atoms with Crippen LogP contribution >= 0.6 is 0 Å². The van der Waals surface area contributed by atoms with Gasteiger partial charge in [0.15, 0.2) is 0 Å². The van der Waals surface area contributed by atoms with Gasteiger partial charge in [0.1, 0.15) is 5.82 Å². The number of H-pyrrole nitrogens is 1. The summed E-state index contributed by atoms with van der Waals surface area (Å²) in [7, 11) is 0. The van der Waals surface area contributed by atoms with Gasteiger partial charge < -0.3 is 15.1 Å². The predicted octanol–water partition coefficient (Wildman–Crippen LogP) is 0.404. The fraction of sp³-hybridized carbons (Fsp3) is 0.529. The second-order valence-electron chi connectivity index (χ2n) is 6.96. The molecule has 7 nitrogen and oxygen atoms in total. The van der Waals surface area contributed by atoms with Gasteiger partial charge in [0, 0.05) is 24.7 Å². The number of nitrogens with zero attached hydrogens (tertiary/aromatic N) is 2. The van der Waals surface area contributed by atoms with Crippen LogP contribution in [0, 0.1) is 12.7 Å². The Hall–Kier alpha value is -2.19. The van der Waals surface area contributed by atoms with Gasteiger partial charge in [0.05, 0.1) is 28.8 Å². The molecule has 1 aliphatic carbocycles. The third-order valence-corrected chi connectivity index (χ3v) is 5.16. The number of aliphatic hydroxyl groups excluding tert-OH is 2. The van der Waals surface area contributed by atoms with E-state index in [2.05, 4.69) is 4.98 Å². The number of piperidine rings is 1. The van der Waals surface area contributed by atoms with Gasteiger partial charge in [-0.1, -0.05) is 0 Å². The maximum absolute atomic E-state index is 14.8. The second-order valence-corrected chi connectivity index (χ2v) is 6.96.